The van der Waals surface area contributed by atoms with Crippen LogP contribution in [0.25, 0.3) is 0 Å². The molecular weight excluding hydrogens is 543 g/mol. The lowest BCUT2D eigenvalue weighted by Crippen LogP contribution is -2.35. The highest BCUT2D eigenvalue weighted by Crippen LogP contribution is 2.30. The van der Waals surface area contributed by atoms with Crippen molar-refractivity contribution in [2.45, 2.75) is 39.4 Å². The molecule has 40 heavy (non-hydrogen) atoms. The summed E-state index contributed by atoms with van der Waals surface area (Å²) in [6.07, 6.45) is -3.27. The maximum atomic E-state index is 12.9. The Morgan fingerprint density at radius 2 is 1.68 bits per heavy atom. The molecule has 2 aliphatic heterocycles. The van der Waals surface area contributed by atoms with Gasteiger partial charge in [0, 0.05) is 44.7 Å². The number of hydrogen-bond acceptors (Lipinski definition) is 7. The van der Waals surface area contributed by atoms with E-state index in [2.05, 4.69) is 20.4 Å². The van der Waals surface area contributed by atoms with Gasteiger partial charge in [-0.15, -0.1) is 10.2 Å². The number of hydrogen-bond donors (Lipinski definition) is 1. The maximum Gasteiger partial charge on any atom is 0.416 e. The van der Waals surface area contributed by atoms with Crippen molar-refractivity contribution in [2.24, 2.45) is 5.92 Å². The van der Waals surface area contributed by atoms with Crippen LogP contribution in [0, 0.1) is 5.92 Å². The lowest BCUT2D eigenvalue weighted by atomic mass is 10.1. The minimum absolute atomic E-state index is 0. The second-order valence-corrected chi connectivity index (χ2v) is 10.7. The molecule has 1 atom stereocenters. The summed E-state index contributed by atoms with van der Waals surface area (Å²) in [5.41, 5.74) is 1.99. The Bertz CT molecular complexity index is 1290. The third kappa shape index (κ3) is 7.43. The molecule has 0 aliphatic carbocycles. The molecule has 0 unspecified atom stereocenters. The number of carbonyl (C=O) groups excluding carboxylic acids is 2. The van der Waals surface area contributed by atoms with Crippen molar-refractivity contribution in [3.63, 3.8) is 0 Å². The number of aromatic nitrogens is 2. The number of halogens is 3. The van der Waals surface area contributed by atoms with Crippen molar-refractivity contribution in [3.05, 3.63) is 70.2 Å². The molecule has 0 saturated carbocycles. The highest BCUT2D eigenvalue weighted by molar-refractivity contribution is 7.15. The van der Waals surface area contributed by atoms with Crippen LogP contribution in [0.1, 0.15) is 35.5 Å². The van der Waals surface area contributed by atoms with E-state index in [-0.39, 0.29) is 32.2 Å². The number of ether oxygens (including phenoxy) is 1. The van der Waals surface area contributed by atoms with Gasteiger partial charge in [-0.2, -0.15) is 13.2 Å². The number of alkyl halides is 3. The zero-order chi connectivity index (χ0) is 27.4. The molecule has 2 saturated heterocycles. The van der Waals surface area contributed by atoms with Crippen molar-refractivity contribution in [1.29, 1.82) is 0 Å². The summed E-state index contributed by atoms with van der Waals surface area (Å²) in [6, 6.07) is 12.9. The zero-order valence-electron chi connectivity index (χ0n) is 21.1. The molecule has 0 spiro atoms. The Morgan fingerprint density at radius 3 is 2.35 bits per heavy atom. The predicted molar refractivity (Wildman–Crippen MR) is 147 cm³/mol. The molecule has 2 aliphatic rings. The van der Waals surface area contributed by atoms with Crippen LogP contribution in [0.3, 0.4) is 0 Å². The van der Waals surface area contributed by atoms with E-state index >= 15 is 0 Å². The lowest BCUT2D eigenvalue weighted by Gasteiger charge is -2.26. The summed E-state index contributed by atoms with van der Waals surface area (Å²) in [6.45, 7) is 4.40. The van der Waals surface area contributed by atoms with E-state index < -0.39 is 17.7 Å². The number of carbonyl (C=O) groups is 2. The number of nitrogens with one attached hydrogen (secondary N) is 1. The van der Waals surface area contributed by atoms with Crippen LogP contribution in [0.15, 0.2) is 48.5 Å². The molecule has 1 N–H and O–H groups in total. The minimum Gasteiger partial charge on any atom is -0.379 e. The number of aryl methyl sites for hydroxylation is 2. The van der Waals surface area contributed by atoms with Crippen LogP contribution in [-0.2, 0) is 39.9 Å². The third-order valence-corrected chi connectivity index (χ3v) is 7.76. The van der Waals surface area contributed by atoms with Gasteiger partial charge in [-0.25, -0.2) is 0 Å². The molecular formula is C28H32F3N5O3S. The van der Waals surface area contributed by atoms with Crippen LogP contribution in [0.5, 0.6) is 0 Å². The molecule has 3 aromatic rings. The molecule has 5 rings (SSSR count). The van der Waals surface area contributed by atoms with Crippen LogP contribution >= 0.6 is 11.3 Å². The summed E-state index contributed by atoms with van der Waals surface area (Å²) < 4.78 is 43.6. The maximum absolute atomic E-state index is 12.9. The normalized spacial score (nSPS) is 18.0. The molecule has 12 heteroatoms. The Balaban J connectivity index is 0.00000370. The van der Waals surface area contributed by atoms with Crippen LogP contribution in [-0.4, -0.2) is 59.8 Å². The van der Waals surface area contributed by atoms with Crippen LogP contribution in [0.4, 0.5) is 24.0 Å². The molecule has 0 bridgehead atoms. The second-order valence-electron chi connectivity index (χ2n) is 9.65. The van der Waals surface area contributed by atoms with Crippen molar-refractivity contribution >= 4 is 34.0 Å². The SMILES string of the molecule is C.O=C(Nc1nnc(CCc2ccc(C(F)(F)F)cc2)s1)[C@H]1CC(=O)N(c2ccc(CN3CCOCC3)cc2)C1. The van der Waals surface area contributed by atoms with E-state index in [1.807, 2.05) is 24.3 Å². The van der Waals surface area contributed by atoms with E-state index in [1.54, 1.807) is 4.90 Å². The number of anilines is 2. The highest BCUT2D eigenvalue weighted by Gasteiger charge is 2.35. The molecule has 2 aromatic carbocycles. The fraction of sp³-hybridized carbons (Fsp3) is 0.429. The summed E-state index contributed by atoms with van der Waals surface area (Å²) >= 11 is 1.22. The largest absolute Gasteiger partial charge is 0.416 e. The predicted octanol–water partition coefficient (Wildman–Crippen LogP) is 4.80. The fourth-order valence-corrected chi connectivity index (χ4v) is 5.40. The Kier molecular flexibility index (Phi) is 9.54. The van der Waals surface area contributed by atoms with Crippen molar-refractivity contribution < 1.29 is 27.5 Å². The van der Waals surface area contributed by atoms with Gasteiger partial charge >= 0.3 is 6.18 Å². The van der Waals surface area contributed by atoms with Gasteiger partial charge in [-0.05, 0) is 41.8 Å². The quantitative estimate of drug-likeness (QED) is 0.415. The van der Waals surface area contributed by atoms with E-state index in [0.29, 0.717) is 23.0 Å². The highest BCUT2D eigenvalue weighted by atomic mass is 32.1. The number of amides is 2. The van der Waals surface area contributed by atoms with E-state index in [1.165, 1.54) is 23.5 Å². The summed E-state index contributed by atoms with van der Waals surface area (Å²) in [7, 11) is 0. The molecule has 0 radical (unpaired) electrons. The Labute approximate surface area is 235 Å². The van der Waals surface area contributed by atoms with E-state index in [9.17, 15) is 22.8 Å². The first kappa shape index (κ1) is 29.6. The summed E-state index contributed by atoms with van der Waals surface area (Å²) in [4.78, 5) is 29.5. The zero-order valence-corrected chi connectivity index (χ0v) is 21.9. The standard InChI is InChI=1S/C27H28F3N5O3S.CH4/c28-27(29,30)21-6-1-18(2-7-21)5-10-23-32-33-26(39-23)31-25(37)20-15-24(36)35(17-20)22-8-3-19(4-9-22)16-34-11-13-38-14-12-34;/h1-4,6-9,20H,5,10-17H2,(H,31,33,37);1H4/t20-;/m0./s1. The summed E-state index contributed by atoms with van der Waals surface area (Å²) in [5, 5.41) is 11.9. The fourth-order valence-electron chi connectivity index (χ4n) is 4.66. The van der Waals surface area contributed by atoms with Crippen LogP contribution in [0.2, 0.25) is 0 Å². The molecule has 2 fully saturated rings. The van der Waals surface area contributed by atoms with E-state index in [0.717, 1.165) is 61.8 Å². The molecule has 3 heterocycles. The van der Waals surface area contributed by atoms with Crippen LogP contribution < -0.4 is 10.2 Å². The number of rotatable bonds is 8. The number of nitrogens with zero attached hydrogens (tertiary/aromatic N) is 4. The average molecular weight is 576 g/mol. The van der Waals surface area contributed by atoms with Gasteiger partial charge in [-0.1, -0.05) is 43.0 Å². The minimum atomic E-state index is -4.36. The first-order valence-corrected chi connectivity index (χ1v) is 13.5. The van der Waals surface area contributed by atoms with Crippen molar-refractivity contribution in [2.75, 3.05) is 43.1 Å². The molecule has 8 nitrogen and oxygen atoms in total. The van der Waals surface area contributed by atoms with Crippen molar-refractivity contribution in [1.82, 2.24) is 15.1 Å². The van der Waals surface area contributed by atoms with Gasteiger partial charge in [0.25, 0.3) is 0 Å². The second kappa shape index (κ2) is 12.9. The van der Waals surface area contributed by atoms with Gasteiger partial charge in [-0.3, -0.25) is 14.5 Å². The molecule has 1 aromatic heterocycles. The van der Waals surface area contributed by atoms with Gasteiger partial charge in [0.1, 0.15) is 5.01 Å². The van der Waals surface area contributed by atoms with E-state index in [4.69, 9.17) is 4.74 Å². The number of morpholine rings is 1. The lowest BCUT2D eigenvalue weighted by molar-refractivity contribution is -0.137. The third-order valence-electron chi connectivity index (χ3n) is 6.86. The first-order chi connectivity index (χ1) is 18.7. The monoisotopic (exact) mass is 575 g/mol. The Hall–Kier alpha value is -3.35. The van der Waals surface area contributed by atoms with Crippen molar-refractivity contribution in [3.8, 4) is 0 Å². The average Bonchev–Trinajstić information content (AvgIpc) is 3.54. The number of benzene rings is 2. The van der Waals surface area contributed by atoms with Gasteiger partial charge < -0.3 is 15.0 Å². The van der Waals surface area contributed by atoms with Gasteiger partial charge in [0.05, 0.1) is 24.7 Å². The van der Waals surface area contributed by atoms with Gasteiger partial charge in [0.2, 0.25) is 16.9 Å². The van der Waals surface area contributed by atoms with Gasteiger partial charge in [0.15, 0.2) is 0 Å². The molecule has 2 amide bonds. The summed E-state index contributed by atoms with van der Waals surface area (Å²) in [5.74, 6) is -0.907. The Morgan fingerprint density at radius 1 is 1.00 bits per heavy atom. The first-order valence-electron chi connectivity index (χ1n) is 12.7. The smallest absolute Gasteiger partial charge is 0.379 e. The topological polar surface area (TPSA) is 87.7 Å². The molecule has 214 valence electrons.